The number of aryl methyl sites for hydroxylation is 2. The number of hydrogen-bond acceptors (Lipinski definition) is 4. The molecule has 0 bridgehead atoms. The van der Waals surface area contributed by atoms with E-state index in [9.17, 15) is 9.90 Å². The molecule has 1 aromatic heterocycles. The fourth-order valence-corrected chi connectivity index (χ4v) is 2.06. The summed E-state index contributed by atoms with van der Waals surface area (Å²) in [5.41, 5.74) is 1.46. The van der Waals surface area contributed by atoms with Crippen LogP contribution in [0.4, 0.5) is 0 Å². The Labute approximate surface area is 112 Å². The van der Waals surface area contributed by atoms with Crippen LogP contribution in [0.25, 0.3) is 0 Å². The van der Waals surface area contributed by atoms with E-state index >= 15 is 0 Å². The van der Waals surface area contributed by atoms with Crippen LogP contribution in [0.3, 0.4) is 0 Å². The van der Waals surface area contributed by atoms with Crippen LogP contribution in [0.5, 0.6) is 0 Å². The number of halogens is 1. The van der Waals surface area contributed by atoms with Gasteiger partial charge in [0.2, 0.25) is 0 Å². The highest BCUT2D eigenvalue weighted by atomic mass is 35.5. The molecule has 102 valence electrons. The predicted molar refractivity (Wildman–Crippen MR) is 68.6 cm³/mol. The van der Waals surface area contributed by atoms with Crippen molar-refractivity contribution in [2.75, 3.05) is 6.61 Å². The Hall–Kier alpha value is -1.07. The molecule has 0 aliphatic rings. The lowest BCUT2D eigenvalue weighted by atomic mass is 10.1. The van der Waals surface area contributed by atoms with E-state index in [0.29, 0.717) is 23.7 Å². The molecule has 1 heterocycles. The van der Waals surface area contributed by atoms with E-state index in [-0.39, 0.29) is 13.0 Å². The van der Waals surface area contributed by atoms with Gasteiger partial charge < -0.3 is 9.84 Å². The molecule has 1 unspecified atom stereocenters. The highest BCUT2D eigenvalue weighted by Gasteiger charge is 2.22. The fourth-order valence-electron chi connectivity index (χ4n) is 1.72. The molecule has 18 heavy (non-hydrogen) atoms. The third kappa shape index (κ3) is 3.23. The third-order valence-electron chi connectivity index (χ3n) is 2.64. The first-order valence-electron chi connectivity index (χ1n) is 6.13. The molecule has 5 nitrogen and oxygen atoms in total. The zero-order valence-electron chi connectivity index (χ0n) is 10.9. The van der Waals surface area contributed by atoms with Gasteiger partial charge >= 0.3 is 5.97 Å². The Bertz CT molecular complexity index is 418. The minimum atomic E-state index is -1.20. The predicted octanol–water partition coefficient (Wildman–Crippen LogP) is 1.59. The zero-order chi connectivity index (χ0) is 13.7. The Morgan fingerprint density at radius 1 is 1.50 bits per heavy atom. The number of rotatable bonds is 6. The number of esters is 1. The summed E-state index contributed by atoms with van der Waals surface area (Å²) in [7, 11) is 0. The summed E-state index contributed by atoms with van der Waals surface area (Å²) in [6.07, 6.45) is -0.360. The smallest absolute Gasteiger partial charge is 0.335 e. The summed E-state index contributed by atoms with van der Waals surface area (Å²) >= 11 is 6.19. The van der Waals surface area contributed by atoms with Gasteiger partial charge in [-0.3, -0.25) is 4.68 Å². The van der Waals surface area contributed by atoms with Gasteiger partial charge in [-0.25, -0.2) is 4.79 Å². The van der Waals surface area contributed by atoms with E-state index in [1.165, 1.54) is 0 Å². The van der Waals surface area contributed by atoms with E-state index in [1.807, 2.05) is 13.8 Å². The van der Waals surface area contributed by atoms with Crippen molar-refractivity contribution < 1.29 is 14.6 Å². The van der Waals surface area contributed by atoms with Crippen LogP contribution in [0, 0.1) is 0 Å². The molecule has 0 aliphatic carbocycles. The van der Waals surface area contributed by atoms with Gasteiger partial charge in [-0.15, -0.1) is 0 Å². The van der Waals surface area contributed by atoms with Crippen LogP contribution in [0.1, 0.15) is 32.2 Å². The molecule has 0 aliphatic heterocycles. The first kappa shape index (κ1) is 15.0. The number of ether oxygens (including phenoxy) is 1. The van der Waals surface area contributed by atoms with Crippen molar-refractivity contribution in [1.82, 2.24) is 9.78 Å². The summed E-state index contributed by atoms with van der Waals surface area (Å²) in [5.74, 6) is -0.629. The minimum absolute atomic E-state index is 0.124. The average Bonchev–Trinajstić information content (AvgIpc) is 2.66. The number of carbonyl (C=O) groups is 1. The molecule has 1 rings (SSSR count). The van der Waals surface area contributed by atoms with Crippen molar-refractivity contribution in [3.8, 4) is 0 Å². The summed E-state index contributed by atoms with van der Waals surface area (Å²) < 4.78 is 6.47. The lowest BCUT2D eigenvalue weighted by Gasteiger charge is -2.11. The van der Waals surface area contributed by atoms with Gasteiger partial charge in [-0.05, 0) is 20.3 Å². The highest BCUT2D eigenvalue weighted by molar-refractivity contribution is 6.31. The number of aliphatic hydroxyl groups excluding tert-OH is 1. The van der Waals surface area contributed by atoms with Crippen molar-refractivity contribution in [2.24, 2.45) is 0 Å². The minimum Gasteiger partial charge on any atom is -0.464 e. The number of nitrogens with zero attached hydrogens (tertiary/aromatic N) is 2. The largest absolute Gasteiger partial charge is 0.464 e. The first-order valence-corrected chi connectivity index (χ1v) is 6.51. The molecule has 0 amide bonds. The number of hydrogen-bond donors (Lipinski definition) is 1. The zero-order valence-corrected chi connectivity index (χ0v) is 11.7. The standard InChI is InChI=1S/C12H19ClN2O3/c1-4-8-11(13)9(15(5-2)14-8)7-10(16)12(17)18-6-3/h10,16H,4-7H2,1-3H3. The van der Waals surface area contributed by atoms with E-state index in [0.717, 1.165) is 5.69 Å². The molecule has 1 aromatic rings. The van der Waals surface area contributed by atoms with Crippen LogP contribution in [0.2, 0.25) is 5.02 Å². The van der Waals surface area contributed by atoms with Gasteiger partial charge in [0.05, 0.1) is 23.0 Å². The van der Waals surface area contributed by atoms with Gasteiger partial charge in [0.15, 0.2) is 6.10 Å². The van der Waals surface area contributed by atoms with Crippen molar-refractivity contribution in [2.45, 2.75) is 46.3 Å². The van der Waals surface area contributed by atoms with Crippen molar-refractivity contribution >= 4 is 17.6 Å². The quantitative estimate of drug-likeness (QED) is 0.800. The molecule has 1 atom stereocenters. The highest BCUT2D eigenvalue weighted by Crippen LogP contribution is 2.23. The second-order valence-electron chi connectivity index (χ2n) is 3.85. The second kappa shape index (κ2) is 6.75. The SMILES string of the molecule is CCOC(=O)C(O)Cc1c(Cl)c(CC)nn1CC. The fraction of sp³-hybridized carbons (Fsp3) is 0.667. The molecule has 0 spiro atoms. The maximum Gasteiger partial charge on any atom is 0.335 e. The van der Waals surface area contributed by atoms with Gasteiger partial charge in [0, 0.05) is 13.0 Å². The molecule has 0 fully saturated rings. The number of aromatic nitrogens is 2. The lowest BCUT2D eigenvalue weighted by molar-refractivity contribution is -0.152. The summed E-state index contributed by atoms with van der Waals surface area (Å²) in [6, 6.07) is 0. The molecule has 0 saturated carbocycles. The Balaban J connectivity index is 2.89. The Morgan fingerprint density at radius 3 is 2.67 bits per heavy atom. The monoisotopic (exact) mass is 274 g/mol. The lowest BCUT2D eigenvalue weighted by Crippen LogP contribution is -2.26. The Morgan fingerprint density at radius 2 is 2.17 bits per heavy atom. The van der Waals surface area contributed by atoms with Gasteiger partial charge in [0.1, 0.15) is 0 Å². The average molecular weight is 275 g/mol. The number of aliphatic hydroxyl groups is 1. The van der Waals surface area contributed by atoms with Crippen molar-refractivity contribution in [3.05, 3.63) is 16.4 Å². The molecular formula is C12H19ClN2O3. The van der Waals surface area contributed by atoms with E-state index in [4.69, 9.17) is 16.3 Å². The molecular weight excluding hydrogens is 256 g/mol. The number of carbonyl (C=O) groups excluding carboxylic acids is 1. The Kier molecular flexibility index (Phi) is 5.62. The van der Waals surface area contributed by atoms with Crippen LogP contribution < -0.4 is 0 Å². The van der Waals surface area contributed by atoms with Crippen LogP contribution in [0.15, 0.2) is 0 Å². The van der Waals surface area contributed by atoms with Crippen molar-refractivity contribution in [3.63, 3.8) is 0 Å². The van der Waals surface area contributed by atoms with E-state index in [2.05, 4.69) is 5.10 Å². The second-order valence-corrected chi connectivity index (χ2v) is 4.23. The van der Waals surface area contributed by atoms with E-state index < -0.39 is 12.1 Å². The summed E-state index contributed by atoms with van der Waals surface area (Å²) in [4.78, 5) is 11.4. The molecule has 0 aromatic carbocycles. The van der Waals surface area contributed by atoms with Gasteiger partial charge in [-0.1, -0.05) is 18.5 Å². The topological polar surface area (TPSA) is 64.3 Å². The molecule has 0 saturated heterocycles. The third-order valence-corrected chi connectivity index (χ3v) is 3.08. The maximum atomic E-state index is 11.4. The normalized spacial score (nSPS) is 12.5. The van der Waals surface area contributed by atoms with E-state index in [1.54, 1.807) is 11.6 Å². The molecule has 6 heteroatoms. The van der Waals surface area contributed by atoms with Crippen LogP contribution >= 0.6 is 11.6 Å². The molecule has 1 N–H and O–H groups in total. The summed E-state index contributed by atoms with van der Waals surface area (Å²) in [5, 5.41) is 14.6. The van der Waals surface area contributed by atoms with Gasteiger partial charge in [-0.2, -0.15) is 5.10 Å². The van der Waals surface area contributed by atoms with Crippen LogP contribution in [-0.4, -0.2) is 33.6 Å². The maximum absolute atomic E-state index is 11.4. The van der Waals surface area contributed by atoms with Gasteiger partial charge in [0.25, 0.3) is 0 Å². The van der Waals surface area contributed by atoms with Crippen LogP contribution in [-0.2, 0) is 28.9 Å². The first-order chi connectivity index (χ1) is 8.54. The van der Waals surface area contributed by atoms with Crippen molar-refractivity contribution in [1.29, 1.82) is 0 Å². The summed E-state index contributed by atoms with van der Waals surface area (Å²) in [6.45, 7) is 6.48. The molecule has 0 radical (unpaired) electrons.